The Hall–Kier alpha value is -2.97. The van der Waals surface area contributed by atoms with Gasteiger partial charge in [0, 0.05) is 44.5 Å². The number of benzene rings is 2. The third-order valence-corrected chi connectivity index (χ3v) is 5.34. The number of carbonyl (C=O) groups is 1. The number of ether oxygens (including phenoxy) is 4. The minimum Gasteiger partial charge on any atom is -0.493 e. The highest BCUT2D eigenvalue weighted by molar-refractivity contribution is 5.92. The highest BCUT2D eigenvalue weighted by Gasteiger charge is 2.20. The van der Waals surface area contributed by atoms with E-state index in [1.807, 2.05) is 24.3 Å². The minimum absolute atomic E-state index is 0.0257. The third-order valence-electron chi connectivity index (χ3n) is 5.34. The fraction of sp³-hybridized carbons (Fsp3) is 0.409. The lowest BCUT2D eigenvalue weighted by Gasteiger charge is -2.34. The topological polar surface area (TPSA) is 72.5 Å². The van der Waals surface area contributed by atoms with E-state index in [1.54, 1.807) is 20.3 Å². The van der Waals surface area contributed by atoms with E-state index in [1.165, 1.54) is 5.56 Å². The molecular weight excluding hydrogens is 386 g/mol. The van der Waals surface area contributed by atoms with Crippen LogP contribution >= 0.6 is 0 Å². The van der Waals surface area contributed by atoms with Gasteiger partial charge in [0.15, 0.2) is 23.0 Å². The largest absolute Gasteiger partial charge is 0.493 e. The van der Waals surface area contributed by atoms with Crippen molar-refractivity contribution in [3.05, 3.63) is 42.0 Å². The van der Waals surface area contributed by atoms with Gasteiger partial charge in [0.2, 0.25) is 12.7 Å². The number of nitrogens with zero attached hydrogens (tertiary/aromatic N) is 2. The van der Waals surface area contributed by atoms with Gasteiger partial charge in [0.25, 0.3) is 0 Å². The van der Waals surface area contributed by atoms with Crippen molar-refractivity contribution in [1.29, 1.82) is 0 Å². The maximum atomic E-state index is 12.4. The molecule has 0 bridgehead atoms. The molecule has 8 nitrogen and oxygen atoms in total. The molecule has 2 heterocycles. The highest BCUT2D eigenvalue weighted by Crippen LogP contribution is 2.34. The zero-order chi connectivity index (χ0) is 20.9. The fourth-order valence-corrected chi connectivity index (χ4v) is 3.72. The third kappa shape index (κ3) is 4.77. The number of piperazine rings is 1. The fourth-order valence-electron chi connectivity index (χ4n) is 3.72. The van der Waals surface area contributed by atoms with Crippen LogP contribution in [-0.4, -0.2) is 69.4 Å². The van der Waals surface area contributed by atoms with Gasteiger partial charge in [-0.15, -0.1) is 0 Å². The molecule has 1 fully saturated rings. The van der Waals surface area contributed by atoms with Crippen LogP contribution in [0.15, 0.2) is 36.4 Å². The Morgan fingerprint density at radius 2 is 1.67 bits per heavy atom. The Bertz CT molecular complexity index is 896. The van der Waals surface area contributed by atoms with Crippen molar-refractivity contribution in [3.63, 3.8) is 0 Å². The Balaban J connectivity index is 1.24. The van der Waals surface area contributed by atoms with Crippen LogP contribution in [0, 0.1) is 0 Å². The molecule has 0 atom stereocenters. The van der Waals surface area contributed by atoms with Crippen LogP contribution in [0.4, 0.5) is 5.69 Å². The average molecular weight is 413 g/mol. The summed E-state index contributed by atoms with van der Waals surface area (Å²) < 4.78 is 21.3. The van der Waals surface area contributed by atoms with Crippen molar-refractivity contribution >= 4 is 11.6 Å². The summed E-state index contributed by atoms with van der Waals surface area (Å²) in [6.45, 7) is 4.96. The average Bonchev–Trinajstić information content (AvgIpc) is 3.23. The van der Waals surface area contributed by atoms with Crippen molar-refractivity contribution in [1.82, 2.24) is 9.80 Å². The second-order valence-electron chi connectivity index (χ2n) is 7.36. The van der Waals surface area contributed by atoms with Gasteiger partial charge in [-0.1, -0.05) is 6.07 Å². The second kappa shape index (κ2) is 9.23. The second-order valence-corrected chi connectivity index (χ2v) is 7.36. The normalized spacial score (nSPS) is 16.3. The molecule has 2 aromatic rings. The molecule has 4 rings (SSSR count). The van der Waals surface area contributed by atoms with E-state index in [0.29, 0.717) is 18.0 Å². The van der Waals surface area contributed by atoms with E-state index in [9.17, 15) is 4.79 Å². The molecule has 2 aliphatic heterocycles. The molecule has 0 unspecified atom stereocenters. The molecular formula is C22H27N3O5. The first-order valence-electron chi connectivity index (χ1n) is 10.00. The summed E-state index contributed by atoms with van der Waals surface area (Å²) in [7, 11) is 3.29. The number of nitrogens with one attached hydrogen (secondary N) is 1. The predicted molar refractivity (Wildman–Crippen MR) is 112 cm³/mol. The van der Waals surface area contributed by atoms with Crippen molar-refractivity contribution < 1.29 is 23.7 Å². The van der Waals surface area contributed by atoms with Crippen LogP contribution in [0.2, 0.25) is 0 Å². The Kier molecular flexibility index (Phi) is 6.25. The Labute approximate surface area is 176 Å². The summed E-state index contributed by atoms with van der Waals surface area (Å²) in [4.78, 5) is 17.0. The van der Waals surface area contributed by atoms with E-state index in [4.69, 9.17) is 18.9 Å². The molecule has 0 saturated carbocycles. The first-order chi connectivity index (χ1) is 14.6. The van der Waals surface area contributed by atoms with Crippen molar-refractivity contribution in [2.24, 2.45) is 0 Å². The number of hydrogen-bond acceptors (Lipinski definition) is 7. The van der Waals surface area contributed by atoms with Crippen LogP contribution in [0.25, 0.3) is 0 Å². The first-order valence-corrected chi connectivity index (χ1v) is 10.00. The highest BCUT2D eigenvalue weighted by atomic mass is 16.7. The smallest absolute Gasteiger partial charge is 0.238 e. The van der Waals surface area contributed by atoms with E-state index in [-0.39, 0.29) is 12.7 Å². The van der Waals surface area contributed by atoms with Crippen LogP contribution in [0.5, 0.6) is 23.0 Å². The maximum absolute atomic E-state index is 12.4. The maximum Gasteiger partial charge on any atom is 0.238 e. The summed E-state index contributed by atoms with van der Waals surface area (Å²) in [5, 5.41) is 2.94. The van der Waals surface area contributed by atoms with Gasteiger partial charge in [-0.05, 0) is 29.8 Å². The summed E-state index contributed by atoms with van der Waals surface area (Å²) in [6, 6.07) is 11.4. The molecule has 1 N–H and O–H groups in total. The number of hydrogen-bond donors (Lipinski definition) is 1. The van der Waals surface area contributed by atoms with E-state index >= 15 is 0 Å². The lowest BCUT2D eigenvalue weighted by Crippen LogP contribution is -2.48. The summed E-state index contributed by atoms with van der Waals surface area (Å²) in [6.07, 6.45) is 0. The van der Waals surface area contributed by atoms with E-state index in [2.05, 4.69) is 21.2 Å². The SMILES string of the molecule is COc1ccc(CN2CCN(CC(=O)Nc3ccc4c(c3)OCO4)CC2)cc1OC. The minimum atomic E-state index is -0.0257. The van der Waals surface area contributed by atoms with Gasteiger partial charge >= 0.3 is 0 Å². The predicted octanol–water partition coefficient (Wildman–Crippen LogP) is 2.19. The molecule has 0 radical (unpaired) electrons. The lowest BCUT2D eigenvalue weighted by atomic mass is 10.1. The Morgan fingerprint density at radius 1 is 0.933 bits per heavy atom. The van der Waals surface area contributed by atoms with E-state index in [0.717, 1.165) is 49.9 Å². The molecule has 0 aliphatic carbocycles. The molecule has 0 spiro atoms. The summed E-state index contributed by atoms with van der Waals surface area (Å²) in [5.41, 5.74) is 1.90. The number of methoxy groups -OCH3 is 2. The molecule has 2 aliphatic rings. The van der Waals surface area contributed by atoms with Crippen molar-refractivity contribution in [3.8, 4) is 23.0 Å². The monoisotopic (exact) mass is 413 g/mol. The van der Waals surface area contributed by atoms with Crippen molar-refractivity contribution in [2.45, 2.75) is 6.54 Å². The quantitative estimate of drug-likeness (QED) is 0.746. The van der Waals surface area contributed by atoms with Gasteiger partial charge in [-0.2, -0.15) is 0 Å². The molecule has 160 valence electrons. The van der Waals surface area contributed by atoms with Gasteiger partial charge in [-0.25, -0.2) is 0 Å². The van der Waals surface area contributed by atoms with Crippen LogP contribution < -0.4 is 24.3 Å². The number of amides is 1. The first kappa shape index (κ1) is 20.3. The van der Waals surface area contributed by atoms with Crippen molar-refractivity contribution in [2.75, 3.05) is 59.1 Å². The zero-order valence-corrected chi connectivity index (χ0v) is 17.3. The van der Waals surface area contributed by atoms with Gasteiger partial charge in [0.05, 0.1) is 20.8 Å². The molecule has 2 aromatic carbocycles. The van der Waals surface area contributed by atoms with Crippen LogP contribution in [0.3, 0.4) is 0 Å². The summed E-state index contributed by atoms with van der Waals surface area (Å²) in [5.74, 6) is 2.82. The molecule has 8 heteroatoms. The lowest BCUT2D eigenvalue weighted by molar-refractivity contribution is -0.117. The van der Waals surface area contributed by atoms with Gasteiger partial charge < -0.3 is 24.3 Å². The summed E-state index contributed by atoms with van der Waals surface area (Å²) >= 11 is 0. The molecule has 1 amide bonds. The zero-order valence-electron chi connectivity index (χ0n) is 17.3. The number of carbonyl (C=O) groups excluding carboxylic acids is 1. The standard InChI is InChI=1S/C22H27N3O5/c1-27-18-5-3-16(11-20(18)28-2)13-24-7-9-25(10-8-24)14-22(26)23-17-4-6-19-21(12-17)30-15-29-19/h3-6,11-12H,7-10,13-15H2,1-2H3,(H,23,26). The number of fused-ring (bicyclic) bond motifs is 1. The van der Waals surface area contributed by atoms with E-state index < -0.39 is 0 Å². The Morgan fingerprint density at radius 3 is 2.43 bits per heavy atom. The number of anilines is 1. The number of rotatable bonds is 7. The van der Waals surface area contributed by atoms with Crippen LogP contribution in [-0.2, 0) is 11.3 Å². The molecule has 0 aromatic heterocycles. The molecule has 1 saturated heterocycles. The molecule has 30 heavy (non-hydrogen) atoms. The van der Waals surface area contributed by atoms with Crippen LogP contribution in [0.1, 0.15) is 5.56 Å². The van der Waals surface area contributed by atoms with Gasteiger partial charge in [0.1, 0.15) is 0 Å². The van der Waals surface area contributed by atoms with Gasteiger partial charge in [-0.3, -0.25) is 14.6 Å².